The van der Waals surface area contributed by atoms with E-state index in [2.05, 4.69) is 10.6 Å². The molecule has 32 heavy (non-hydrogen) atoms. The van der Waals surface area contributed by atoms with E-state index in [0.29, 0.717) is 18.5 Å². The predicted molar refractivity (Wildman–Crippen MR) is 122 cm³/mol. The molecule has 6 nitrogen and oxygen atoms in total. The Morgan fingerprint density at radius 3 is 2.28 bits per heavy atom. The van der Waals surface area contributed by atoms with Crippen LogP contribution in [-0.2, 0) is 16.1 Å². The fraction of sp³-hybridized carbons (Fsp3) is 0.400. The molecule has 172 valence electrons. The van der Waals surface area contributed by atoms with Gasteiger partial charge in [0.05, 0.1) is 6.54 Å². The molecule has 2 aromatic rings. The standard InChI is InChI=1S/C25H32FN3O3/c1-5-29(16-23(30)27-15-19-10-12-20(26)13-11-19)25(32)22(14-17(2)3)28-24(31)21-9-7-6-8-18(21)4/h6-13,17,22H,5,14-16H2,1-4H3,(H,27,30)(H,28,31). The zero-order chi connectivity index (χ0) is 23.7. The van der Waals surface area contributed by atoms with Crippen LogP contribution in [0.1, 0.15) is 48.7 Å². The van der Waals surface area contributed by atoms with Crippen LogP contribution >= 0.6 is 0 Å². The van der Waals surface area contributed by atoms with Gasteiger partial charge < -0.3 is 15.5 Å². The number of carbonyl (C=O) groups is 3. The smallest absolute Gasteiger partial charge is 0.252 e. The lowest BCUT2D eigenvalue weighted by Gasteiger charge is -2.27. The summed E-state index contributed by atoms with van der Waals surface area (Å²) in [5, 5.41) is 5.61. The van der Waals surface area contributed by atoms with Gasteiger partial charge in [-0.2, -0.15) is 0 Å². The van der Waals surface area contributed by atoms with E-state index in [0.717, 1.165) is 11.1 Å². The third-order valence-electron chi connectivity index (χ3n) is 5.13. The van der Waals surface area contributed by atoms with Crippen molar-refractivity contribution < 1.29 is 18.8 Å². The van der Waals surface area contributed by atoms with Gasteiger partial charge >= 0.3 is 0 Å². The van der Waals surface area contributed by atoms with Crippen LogP contribution in [0, 0.1) is 18.7 Å². The van der Waals surface area contributed by atoms with Gasteiger partial charge in [-0.05, 0) is 55.5 Å². The van der Waals surface area contributed by atoms with E-state index in [1.165, 1.54) is 17.0 Å². The predicted octanol–water partition coefficient (Wildman–Crippen LogP) is 3.44. The molecule has 0 bridgehead atoms. The number of benzene rings is 2. The Morgan fingerprint density at radius 2 is 1.69 bits per heavy atom. The molecule has 0 heterocycles. The molecule has 1 unspecified atom stereocenters. The molecular weight excluding hydrogens is 409 g/mol. The molecule has 0 spiro atoms. The van der Waals surface area contributed by atoms with Crippen molar-refractivity contribution >= 4 is 17.7 Å². The maximum absolute atomic E-state index is 13.2. The average molecular weight is 442 g/mol. The second-order valence-corrected chi connectivity index (χ2v) is 8.23. The molecule has 0 aliphatic heterocycles. The average Bonchev–Trinajstić information content (AvgIpc) is 2.76. The minimum Gasteiger partial charge on any atom is -0.350 e. The number of hydrogen-bond donors (Lipinski definition) is 2. The number of likely N-dealkylation sites (N-methyl/N-ethyl adjacent to an activating group) is 1. The van der Waals surface area contributed by atoms with E-state index in [-0.39, 0.29) is 42.5 Å². The molecule has 2 aromatic carbocycles. The summed E-state index contributed by atoms with van der Waals surface area (Å²) < 4.78 is 13.0. The summed E-state index contributed by atoms with van der Waals surface area (Å²) in [6.07, 6.45) is 0.462. The van der Waals surface area contributed by atoms with Gasteiger partial charge in [-0.25, -0.2) is 4.39 Å². The van der Waals surface area contributed by atoms with Crippen molar-refractivity contribution in [2.45, 2.75) is 46.7 Å². The monoisotopic (exact) mass is 441 g/mol. The lowest BCUT2D eigenvalue weighted by atomic mass is 10.0. The number of halogens is 1. The Balaban J connectivity index is 2.03. The number of carbonyl (C=O) groups excluding carboxylic acids is 3. The summed E-state index contributed by atoms with van der Waals surface area (Å²) in [7, 11) is 0. The van der Waals surface area contributed by atoms with E-state index >= 15 is 0 Å². The Labute approximate surface area is 189 Å². The van der Waals surface area contributed by atoms with Crippen LogP contribution < -0.4 is 10.6 Å². The first kappa shape index (κ1) is 25.0. The van der Waals surface area contributed by atoms with Crippen molar-refractivity contribution in [3.05, 3.63) is 71.0 Å². The zero-order valence-corrected chi connectivity index (χ0v) is 19.2. The van der Waals surface area contributed by atoms with Crippen LogP contribution in [0.2, 0.25) is 0 Å². The summed E-state index contributed by atoms with van der Waals surface area (Å²) in [5.74, 6) is -1.09. The van der Waals surface area contributed by atoms with Crippen molar-refractivity contribution in [2.24, 2.45) is 5.92 Å². The fourth-order valence-corrected chi connectivity index (χ4v) is 3.35. The maximum Gasteiger partial charge on any atom is 0.252 e. The van der Waals surface area contributed by atoms with Crippen LogP contribution in [0.4, 0.5) is 4.39 Å². The third-order valence-corrected chi connectivity index (χ3v) is 5.13. The molecule has 0 radical (unpaired) electrons. The number of hydrogen-bond acceptors (Lipinski definition) is 3. The van der Waals surface area contributed by atoms with Gasteiger partial charge in [-0.1, -0.05) is 44.2 Å². The Kier molecular flexibility index (Phi) is 9.38. The molecule has 0 saturated carbocycles. The van der Waals surface area contributed by atoms with Gasteiger partial charge in [-0.15, -0.1) is 0 Å². The van der Waals surface area contributed by atoms with Crippen LogP contribution in [0.5, 0.6) is 0 Å². The zero-order valence-electron chi connectivity index (χ0n) is 19.2. The molecule has 0 fully saturated rings. The molecule has 1 atom stereocenters. The molecule has 0 aliphatic rings. The molecule has 2 rings (SSSR count). The first-order valence-corrected chi connectivity index (χ1v) is 10.9. The Bertz CT molecular complexity index is 928. The molecule has 0 aliphatic carbocycles. The summed E-state index contributed by atoms with van der Waals surface area (Å²) in [4.78, 5) is 39.8. The third kappa shape index (κ3) is 7.48. The van der Waals surface area contributed by atoms with Gasteiger partial charge in [0.25, 0.3) is 5.91 Å². The highest BCUT2D eigenvalue weighted by atomic mass is 19.1. The summed E-state index contributed by atoms with van der Waals surface area (Å²) in [6.45, 7) is 8.05. The largest absolute Gasteiger partial charge is 0.350 e. The van der Waals surface area contributed by atoms with Crippen molar-refractivity contribution in [3.8, 4) is 0 Å². The van der Waals surface area contributed by atoms with Crippen molar-refractivity contribution in [3.63, 3.8) is 0 Å². The lowest BCUT2D eigenvalue weighted by Crippen LogP contribution is -2.51. The van der Waals surface area contributed by atoms with E-state index in [1.54, 1.807) is 31.2 Å². The first-order chi connectivity index (χ1) is 15.2. The second kappa shape index (κ2) is 12.0. The summed E-state index contributed by atoms with van der Waals surface area (Å²) >= 11 is 0. The number of rotatable bonds is 10. The highest BCUT2D eigenvalue weighted by Crippen LogP contribution is 2.12. The highest BCUT2D eigenvalue weighted by molar-refractivity contribution is 5.99. The number of nitrogens with zero attached hydrogens (tertiary/aromatic N) is 1. The SMILES string of the molecule is CCN(CC(=O)NCc1ccc(F)cc1)C(=O)C(CC(C)C)NC(=O)c1ccccc1C. The molecule has 2 N–H and O–H groups in total. The van der Waals surface area contributed by atoms with Crippen molar-refractivity contribution in [1.82, 2.24) is 15.5 Å². The second-order valence-electron chi connectivity index (χ2n) is 8.23. The Morgan fingerprint density at radius 1 is 1.03 bits per heavy atom. The van der Waals surface area contributed by atoms with Crippen LogP contribution in [-0.4, -0.2) is 41.8 Å². The lowest BCUT2D eigenvalue weighted by molar-refractivity contribution is -0.137. The van der Waals surface area contributed by atoms with Gasteiger partial charge in [-0.3, -0.25) is 14.4 Å². The summed E-state index contributed by atoms with van der Waals surface area (Å²) in [5.41, 5.74) is 2.11. The van der Waals surface area contributed by atoms with E-state index < -0.39 is 6.04 Å². The van der Waals surface area contributed by atoms with E-state index in [1.807, 2.05) is 32.9 Å². The number of nitrogens with one attached hydrogen (secondary N) is 2. The molecule has 3 amide bonds. The van der Waals surface area contributed by atoms with E-state index in [9.17, 15) is 18.8 Å². The van der Waals surface area contributed by atoms with Crippen molar-refractivity contribution in [2.75, 3.05) is 13.1 Å². The Hall–Kier alpha value is -3.22. The van der Waals surface area contributed by atoms with Gasteiger partial charge in [0, 0.05) is 18.7 Å². The van der Waals surface area contributed by atoms with Crippen LogP contribution in [0.3, 0.4) is 0 Å². The van der Waals surface area contributed by atoms with Gasteiger partial charge in [0.2, 0.25) is 11.8 Å². The molecular formula is C25H32FN3O3. The van der Waals surface area contributed by atoms with Crippen molar-refractivity contribution in [1.29, 1.82) is 0 Å². The topological polar surface area (TPSA) is 78.5 Å². The van der Waals surface area contributed by atoms with Crippen LogP contribution in [0.15, 0.2) is 48.5 Å². The van der Waals surface area contributed by atoms with E-state index in [4.69, 9.17) is 0 Å². The van der Waals surface area contributed by atoms with Crippen LogP contribution in [0.25, 0.3) is 0 Å². The van der Waals surface area contributed by atoms with Gasteiger partial charge in [0.1, 0.15) is 11.9 Å². The summed E-state index contributed by atoms with van der Waals surface area (Å²) in [6, 6.07) is 12.3. The normalized spacial score (nSPS) is 11.7. The minimum atomic E-state index is -0.730. The first-order valence-electron chi connectivity index (χ1n) is 10.9. The molecule has 7 heteroatoms. The molecule has 0 saturated heterocycles. The highest BCUT2D eigenvalue weighted by Gasteiger charge is 2.28. The number of aryl methyl sites for hydroxylation is 1. The fourth-order valence-electron chi connectivity index (χ4n) is 3.35. The maximum atomic E-state index is 13.2. The molecule has 0 aromatic heterocycles. The quantitative estimate of drug-likeness (QED) is 0.593. The number of amides is 3. The minimum absolute atomic E-state index is 0.120. The van der Waals surface area contributed by atoms with Gasteiger partial charge in [0.15, 0.2) is 0 Å².